The summed E-state index contributed by atoms with van der Waals surface area (Å²) in [7, 11) is 14.8. The number of likely N-dealkylation sites (N-methyl/N-ethyl adjacent to an activating group) is 2. The Morgan fingerprint density at radius 3 is 1.48 bits per heavy atom. The van der Waals surface area contributed by atoms with Gasteiger partial charge in [-0.1, -0.05) is 36.4 Å². The molecule has 0 bridgehead atoms. The third kappa shape index (κ3) is 10.6. The topological polar surface area (TPSA) is 59.2 Å². The van der Waals surface area contributed by atoms with E-state index < -0.39 is 0 Å². The zero-order chi connectivity index (χ0) is 32.4. The molecule has 0 heterocycles. The molecule has 4 rings (SSSR count). The highest BCUT2D eigenvalue weighted by Gasteiger charge is 2.12. The van der Waals surface area contributed by atoms with Crippen molar-refractivity contribution in [1.29, 1.82) is 0 Å². The van der Waals surface area contributed by atoms with Crippen LogP contribution in [0.25, 0.3) is 0 Å². The minimum Gasteiger partial charge on any atom is -1.00 e. The van der Waals surface area contributed by atoms with Crippen LogP contribution in [0.1, 0.15) is 23.6 Å². The van der Waals surface area contributed by atoms with Crippen molar-refractivity contribution < 1.29 is 21.5 Å². The fraction of sp³-hybridized carbons (Fsp3) is 0.297. The quantitative estimate of drug-likeness (QED) is 0.0894. The van der Waals surface area contributed by atoms with Crippen molar-refractivity contribution in [3.05, 3.63) is 114 Å². The van der Waals surface area contributed by atoms with Crippen molar-refractivity contribution in [3.8, 4) is 0 Å². The van der Waals surface area contributed by atoms with Crippen LogP contribution < -0.4 is 31.7 Å². The van der Waals surface area contributed by atoms with Crippen LogP contribution in [0.3, 0.4) is 0 Å². The normalized spacial score (nSPS) is 11.4. The molecule has 0 N–H and O–H groups in total. The summed E-state index contributed by atoms with van der Waals surface area (Å²) >= 11 is 0. The summed E-state index contributed by atoms with van der Waals surface area (Å²) in [6.07, 6.45) is 1.76. The minimum atomic E-state index is 0. The second-order valence-electron chi connectivity index (χ2n) is 12.5. The van der Waals surface area contributed by atoms with Gasteiger partial charge in [0.2, 0.25) is 0 Å². The fourth-order valence-corrected chi connectivity index (χ4v) is 4.63. The molecule has 0 atom stereocenters. The molecule has 4 aromatic rings. The molecule has 0 saturated carbocycles. The molecule has 4 aromatic carbocycles. The van der Waals surface area contributed by atoms with E-state index in [1.165, 1.54) is 5.69 Å². The van der Waals surface area contributed by atoms with Crippen molar-refractivity contribution in [2.24, 2.45) is 20.4 Å². The lowest BCUT2D eigenvalue weighted by molar-refractivity contribution is -0.868. The maximum Gasteiger partial charge on any atom is 0.100 e. The van der Waals surface area contributed by atoms with Crippen molar-refractivity contribution in [2.75, 3.05) is 83.7 Å². The molecule has 0 radical (unpaired) electrons. The van der Waals surface area contributed by atoms with Gasteiger partial charge in [0, 0.05) is 62.9 Å². The molecule has 8 nitrogen and oxygen atoms in total. The summed E-state index contributed by atoms with van der Waals surface area (Å²) in [4.78, 5) is 6.55. The number of hydrogen-bond donors (Lipinski definition) is 0. The summed E-state index contributed by atoms with van der Waals surface area (Å²) in [6, 6.07) is 32.8. The van der Waals surface area contributed by atoms with Crippen molar-refractivity contribution in [3.63, 3.8) is 0 Å². The summed E-state index contributed by atoms with van der Waals surface area (Å²) in [6.45, 7) is 5.25. The number of nitrogens with zero attached hydrogens (tertiary/aromatic N) is 8. The first-order chi connectivity index (χ1) is 21.5. The lowest BCUT2D eigenvalue weighted by Crippen LogP contribution is -3.00. The van der Waals surface area contributed by atoms with E-state index in [0.717, 1.165) is 69.3 Å². The Kier molecular flexibility index (Phi) is 13.2. The van der Waals surface area contributed by atoms with Crippen molar-refractivity contribution >= 4 is 40.4 Å². The molecule has 0 spiro atoms. The summed E-state index contributed by atoms with van der Waals surface area (Å²) in [5.74, 6) is 0. The first-order valence-electron chi connectivity index (χ1n) is 15.4. The Balaban J connectivity index is 0.00000576. The molecule has 0 aliphatic heterocycles. The zero-order valence-electron chi connectivity index (χ0n) is 28.4. The first kappa shape index (κ1) is 36.1. The molecule has 0 unspecified atom stereocenters. The molecule has 0 aliphatic carbocycles. The van der Waals surface area contributed by atoms with Crippen LogP contribution in [0.15, 0.2) is 117 Å². The van der Waals surface area contributed by atoms with Crippen LogP contribution in [0.5, 0.6) is 0 Å². The summed E-state index contributed by atoms with van der Waals surface area (Å²) in [5, 5.41) is 18.0. The van der Waals surface area contributed by atoms with Gasteiger partial charge in [0.1, 0.15) is 5.71 Å². The number of anilines is 3. The maximum atomic E-state index is 4.67. The van der Waals surface area contributed by atoms with E-state index in [2.05, 4.69) is 124 Å². The van der Waals surface area contributed by atoms with Crippen LogP contribution >= 0.6 is 0 Å². The number of quaternary nitrogens is 1. The molecule has 0 fully saturated rings. The highest BCUT2D eigenvalue weighted by Crippen LogP contribution is 2.23. The Morgan fingerprint density at radius 1 is 0.630 bits per heavy atom. The van der Waals surface area contributed by atoms with Gasteiger partial charge in [-0.25, -0.2) is 0 Å². The van der Waals surface area contributed by atoms with Gasteiger partial charge >= 0.3 is 0 Å². The van der Waals surface area contributed by atoms with Crippen LogP contribution in [0.2, 0.25) is 0 Å². The van der Waals surface area contributed by atoms with E-state index in [9.17, 15) is 0 Å². The molecule has 0 saturated heterocycles. The average Bonchev–Trinajstić information content (AvgIpc) is 3.03. The summed E-state index contributed by atoms with van der Waals surface area (Å²) < 4.78 is 0.944. The number of rotatable bonds is 13. The number of hydrogen-bond acceptors (Lipinski definition) is 7. The molecular formula is C37H47BrN8. The van der Waals surface area contributed by atoms with E-state index in [0.29, 0.717) is 0 Å². The molecular weight excluding hydrogens is 636 g/mol. The number of halogens is 1. The molecule has 0 aliphatic rings. The Bertz CT molecular complexity index is 1530. The highest BCUT2D eigenvalue weighted by molar-refractivity contribution is 6.13. The highest BCUT2D eigenvalue weighted by atomic mass is 79.9. The van der Waals surface area contributed by atoms with Gasteiger partial charge in [0.15, 0.2) is 0 Å². The zero-order valence-corrected chi connectivity index (χ0v) is 30.0. The monoisotopic (exact) mass is 682 g/mol. The van der Waals surface area contributed by atoms with Crippen LogP contribution in [-0.4, -0.2) is 85.4 Å². The van der Waals surface area contributed by atoms with E-state index in [1.54, 1.807) is 6.21 Å². The second kappa shape index (κ2) is 16.8. The number of azo groups is 1. The molecule has 0 aromatic heterocycles. The van der Waals surface area contributed by atoms with Gasteiger partial charge in [0.25, 0.3) is 0 Å². The van der Waals surface area contributed by atoms with Gasteiger partial charge in [-0.15, -0.1) is 5.10 Å². The lowest BCUT2D eigenvalue weighted by atomic mass is 10.0. The first-order valence-corrected chi connectivity index (χ1v) is 15.4. The van der Waals surface area contributed by atoms with E-state index >= 15 is 0 Å². The molecule has 0 amide bonds. The van der Waals surface area contributed by atoms with Gasteiger partial charge in [0.05, 0.1) is 51.8 Å². The molecule has 46 heavy (non-hydrogen) atoms. The van der Waals surface area contributed by atoms with Gasteiger partial charge < -0.3 is 36.2 Å². The van der Waals surface area contributed by atoms with Crippen LogP contribution in [-0.2, 0) is 0 Å². The predicted molar refractivity (Wildman–Crippen MR) is 193 cm³/mol. The maximum absolute atomic E-state index is 4.67. The SMILES string of the molecule is CCN(CC[N+](C)(C)C)c1ccc(/N=N/c2ccc(/C=N/N=C(c3ccc(N(C)C)cc3)c3ccc(N(C)C)cc3)cc2)cc1.[Br-]. The number of benzene rings is 4. The minimum absolute atomic E-state index is 0. The van der Waals surface area contributed by atoms with Crippen molar-refractivity contribution in [2.45, 2.75) is 6.92 Å². The lowest BCUT2D eigenvalue weighted by Gasteiger charge is -2.29. The van der Waals surface area contributed by atoms with Gasteiger partial charge in [-0.3, -0.25) is 0 Å². The predicted octanol–water partition coefficient (Wildman–Crippen LogP) is 4.64. The van der Waals surface area contributed by atoms with Crippen LogP contribution in [0, 0.1) is 0 Å². The van der Waals surface area contributed by atoms with Crippen LogP contribution in [0.4, 0.5) is 28.4 Å². The average molecular weight is 684 g/mol. The Hall–Kier alpha value is -4.34. The standard InChI is InChI=1S/C37H47N8.BrH/c1-9-44(26-27-45(6,7)8)36-24-18-33(19-25-36)40-39-32-16-10-29(11-17-32)28-38-41-37(30-12-20-34(21-13-30)42(2)3)31-14-22-35(23-15-31)43(4)5;/h10-25,28H,9,26-27H2,1-8H3;1H/q+1;/p-1/b38-28+,40-39+;. The third-order valence-electron chi connectivity index (χ3n) is 7.49. The van der Waals surface area contributed by atoms with Gasteiger partial charge in [-0.05, 0) is 73.2 Å². The van der Waals surface area contributed by atoms with E-state index in [-0.39, 0.29) is 17.0 Å². The van der Waals surface area contributed by atoms with E-state index in [1.807, 2.05) is 64.6 Å². The smallest absolute Gasteiger partial charge is 0.100 e. The second-order valence-corrected chi connectivity index (χ2v) is 12.5. The Labute approximate surface area is 285 Å². The van der Waals surface area contributed by atoms with E-state index in [4.69, 9.17) is 0 Å². The fourth-order valence-electron chi connectivity index (χ4n) is 4.63. The summed E-state index contributed by atoms with van der Waals surface area (Å²) in [5.41, 5.74) is 8.83. The Morgan fingerprint density at radius 2 is 1.07 bits per heavy atom. The van der Waals surface area contributed by atoms with Crippen molar-refractivity contribution in [1.82, 2.24) is 0 Å². The third-order valence-corrected chi connectivity index (χ3v) is 7.49. The van der Waals surface area contributed by atoms with Gasteiger partial charge in [-0.2, -0.15) is 15.3 Å². The molecule has 242 valence electrons. The molecule has 9 heteroatoms. The largest absolute Gasteiger partial charge is 1.00 e.